The maximum absolute atomic E-state index is 2.33. The third kappa shape index (κ3) is 4.02. The number of aryl methyl sites for hydroxylation is 3. The number of rotatable bonds is 3. The Hall–Kier alpha value is -2.34. The van der Waals surface area contributed by atoms with Crippen LogP contribution in [0.25, 0.3) is 0 Å². The second-order valence-corrected chi connectivity index (χ2v) is 6.72. The van der Waals surface area contributed by atoms with Crippen LogP contribution in [-0.4, -0.2) is 0 Å². The molecule has 0 bridgehead atoms. The van der Waals surface area contributed by atoms with Crippen molar-refractivity contribution in [1.29, 1.82) is 0 Å². The van der Waals surface area contributed by atoms with Gasteiger partial charge in [0, 0.05) is 5.41 Å². The van der Waals surface area contributed by atoms with Crippen molar-refractivity contribution in [1.82, 2.24) is 0 Å². The molecule has 0 unspecified atom stereocenters. The lowest BCUT2D eigenvalue weighted by molar-refractivity contribution is 0.691. The Morgan fingerprint density at radius 1 is 0.440 bits per heavy atom. The lowest BCUT2D eigenvalue weighted by atomic mass is 9.71. The molecule has 0 heterocycles. The van der Waals surface area contributed by atoms with Crippen LogP contribution in [0.3, 0.4) is 0 Å². The van der Waals surface area contributed by atoms with Gasteiger partial charge in [-0.3, -0.25) is 0 Å². The first-order chi connectivity index (χ1) is 12.0. The maximum atomic E-state index is 2.33. The van der Waals surface area contributed by atoms with Crippen molar-refractivity contribution in [2.45, 2.75) is 47.0 Å². The van der Waals surface area contributed by atoms with Gasteiger partial charge in [-0.15, -0.1) is 0 Å². The molecule has 0 radical (unpaired) electrons. The molecule has 0 heteroatoms. The van der Waals surface area contributed by atoms with Crippen molar-refractivity contribution >= 4 is 0 Å². The molecule has 130 valence electrons. The fourth-order valence-corrected chi connectivity index (χ4v) is 3.16. The Kier molecular flexibility index (Phi) is 6.20. The SMILES string of the molecule is CC.Cc1ccc(C(C)(c2ccc(C)cc2)c2ccc(C)cc2)cc1. The molecule has 3 aromatic carbocycles. The zero-order chi connectivity index (χ0) is 18.4. The summed E-state index contributed by atoms with van der Waals surface area (Å²) in [6, 6.07) is 26.8. The van der Waals surface area contributed by atoms with Gasteiger partial charge in [0.15, 0.2) is 0 Å². The summed E-state index contributed by atoms with van der Waals surface area (Å²) in [7, 11) is 0. The van der Waals surface area contributed by atoms with E-state index in [4.69, 9.17) is 0 Å². The molecule has 0 nitrogen and oxygen atoms in total. The minimum atomic E-state index is -0.144. The van der Waals surface area contributed by atoms with Crippen LogP contribution in [0.5, 0.6) is 0 Å². The Morgan fingerprint density at radius 2 is 0.640 bits per heavy atom. The van der Waals surface area contributed by atoms with Crippen LogP contribution in [0.1, 0.15) is 54.2 Å². The van der Waals surface area contributed by atoms with Crippen molar-refractivity contribution in [3.05, 3.63) is 106 Å². The lowest BCUT2D eigenvalue weighted by Gasteiger charge is -2.32. The Balaban J connectivity index is 0.00000109. The summed E-state index contributed by atoms with van der Waals surface area (Å²) >= 11 is 0. The van der Waals surface area contributed by atoms with Gasteiger partial charge < -0.3 is 0 Å². The normalized spacial score (nSPS) is 10.8. The van der Waals surface area contributed by atoms with E-state index in [2.05, 4.69) is 100 Å². The van der Waals surface area contributed by atoms with E-state index in [1.807, 2.05) is 13.8 Å². The fraction of sp³-hybridized carbons (Fsp3) is 0.280. The van der Waals surface area contributed by atoms with Gasteiger partial charge in [0.2, 0.25) is 0 Å². The molecular weight excluding hydrogens is 300 g/mol. The third-order valence-electron chi connectivity index (χ3n) is 4.89. The molecule has 0 spiro atoms. The quantitative estimate of drug-likeness (QED) is 0.454. The number of hydrogen-bond donors (Lipinski definition) is 0. The highest BCUT2D eigenvalue weighted by atomic mass is 14.3. The van der Waals surface area contributed by atoms with Crippen LogP contribution in [-0.2, 0) is 5.41 Å². The zero-order valence-corrected chi connectivity index (χ0v) is 16.4. The van der Waals surface area contributed by atoms with Crippen molar-refractivity contribution in [2.75, 3.05) is 0 Å². The van der Waals surface area contributed by atoms with Crippen LogP contribution in [0.4, 0.5) is 0 Å². The van der Waals surface area contributed by atoms with Crippen molar-refractivity contribution in [2.24, 2.45) is 0 Å². The van der Waals surface area contributed by atoms with Crippen LogP contribution in [0, 0.1) is 20.8 Å². The number of benzene rings is 3. The smallest absolute Gasteiger partial charge is 0.0423 e. The van der Waals surface area contributed by atoms with Gasteiger partial charge in [-0.05, 0) is 44.4 Å². The van der Waals surface area contributed by atoms with E-state index in [0.29, 0.717) is 0 Å². The summed E-state index contributed by atoms with van der Waals surface area (Å²) < 4.78 is 0. The van der Waals surface area contributed by atoms with E-state index in [1.165, 1.54) is 33.4 Å². The molecule has 0 saturated carbocycles. The maximum Gasteiger partial charge on any atom is 0.0423 e. The van der Waals surface area contributed by atoms with Gasteiger partial charge in [0.25, 0.3) is 0 Å². The van der Waals surface area contributed by atoms with Gasteiger partial charge in [-0.2, -0.15) is 0 Å². The molecule has 3 rings (SSSR count). The first kappa shape index (κ1) is 19.0. The van der Waals surface area contributed by atoms with E-state index < -0.39 is 0 Å². The highest BCUT2D eigenvalue weighted by molar-refractivity contribution is 5.50. The molecule has 0 atom stereocenters. The van der Waals surface area contributed by atoms with E-state index in [1.54, 1.807) is 0 Å². The summed E-state index contributed by atoms with van der Waals surface area (Å²) in [5.74, 6) is 0. The molecule has 3 aromatic rings. The fourth-order valence-electron chi connectivity index (χ4n) is 3.16. The lowest BCUT2D eigenvalue weighted by Crippen LogP contribution is -2.25. The Labute approximate surface area is 153 Å². The Morgan fingerprint density at radius 3 is 0.840 bits per heavy atom. The average molecular weight is 331 g/mol. The third-order valence-corrected chi connectivity index (χ3v) is 4.89. The van der Waals surface area contributed by atoms with Gasteiger partial charge in [0.05, 0.1) is 0 Å². The Bertz CT molecular complexity index is 664. The first-order valence-corrected chi connectivity index (χ1v) is 9.21. The average Bonchev–Trinajstić information content (AvgIpc) is 2.64. The summed E-state index contributed by atoms with van der Waals surface area (Å²) in [6.07, 6.45) is 0. The van der Waals surface area contributed by atoms with Crippen LogP contribution in [0.15, 0.2) is 72.8 Å². The number of hydrogen-bond acceptors (Lipinski definition) is 0. The van der Waals surface area contributed by atoms with Gasteiger partial charge in [-0.1, -0.05) is 103 Å². The largest absolute Gasteiger partial charge is 0.0683 e. The van der Waals surface area contributed by atoms with Crippen LogP contribution < -0.4 is 0 Å². The predicted octanol–water partition coefficient (Wildman–Crippen LogP) is 6.99. The molecule has 0 aliphatic heterocycles. The van der Waals surface area contributed by atoms with Crippen molar-refractivity contribution in [3.8, 4) is 0 Å². The van der Waals surface area contributed by atoms with Crippen LogP contribution >= 0.6 is 0 Å². The second kappa shape index (κ2) is 8.16. The highest BCUT2D eigenvalue weighted by Gasteiger charge is 2.30. The van der Waals surface area contributed by atoms with E-state index in [-0.39, 0.29) is 5.41 Å². The highest BCUT2D eigenvalue weighted by Crippen LogP contribution is 2.39. The van der Waals surface area contributed by atoms with Crippen LogP contribution in [0.2, 0.25) is 0 Å². The van der Waals surface area contributed by atoms with Gasteiger partial charge in [0.1, 0.15) is 0 Å². The van der Waals surface area contributed by atoms with Crippen molar-refractivity contribution in [3.63, 3.8) is 0 Å². The predicted molar refractivity (Wildman–Crippen MR) is 110 cm³/mol. The minimum Gasteiger partial charge on any atom is -0.0683 e. The molecule has 0 aromatic heterocycles. The summed E-state index contributed by atoms with van der Waals surface area (Å²) in [4.78, 5) is 0. The molecule has 25 heavy (non-hydrogen) atoms. The summed E-state index contributed by atoms with van der Waals surface area (Å²) in [5, 5.41) is 0. The summed E-state index contributed by atoms with van der Waals surface area (Å²) in [5.41, 5.74) is 7.73. The van der Waals surface area contributed by atoms with Crippen molar-refractivity contribution < 1.29 is 0 Å². The van der Waals surface area contributed by atoms with E-state index in [0.717, 1.165) is 0 Å². The molecule has 0 aliphatic carbocycles. The molecule has 0 amide bonds. The zero-order valence-electron chi connectivity index (χ0n) is 16.4. The standard InChI is InChI=1S/C23H24.C2H6/c1-17-5-11-20(12-6-17)23(4,21-13-7-18(2)8-14-21)22-15-9-19(3)10-16-22;1-2/h5-16H,1-4H3;1-2H3. The minimum absolute atomic E-state index is 0.144. The van der Waals surface area contributed by atoms with Gasteiger partial charge >= 0.3 is 0 Å². The molecule has 0 fully saturated rings. The van der Waals surface area contributed by atoms with E-state index in [9.17, 15) is 0 Å². The summed E-state index contributed by atoms with van der Waals surface area (Å²) in [6.45, 7) is 12.7. The monoisotopic (exact) mass is 330 g/mol. The topological polar surface area (TPSA) is 0 Å². The first-order valence-electron chi connectivity index (χ1n) is 9.21. The second-order valence-electron chi connectivity index (χ2n) is 6.72. The molecular formula is C25H30. The van der Waals surface area contributed by atoms with Gasteiger partial charge in [-0.25, -0.2) is 0 Å². The molecule has 0 N–H and O–H groups in total. The van der Waals surface area contributed by atoms with E-state index >= 15 is 0 Å². The molecule has 0 aliphatic rings. The molecule has 0 saturated heterocycles.